The first-order valence-electron chi connectivity index (χ1n) is 8.65. The van der Waals surface area contributed by atoms with Gasteiger partial charge in [-0.05, 0) is 60.7 Å². The Labute approximate surface area is 148 Å². The number of benzene rings is 2. The number of fused-ring (bicyclic) bond motifs is 2. The van der Waals surface area contributed by atoms with E-state index in [9.17, 15) is 5.11 Å². The van der Waals surface area contributed by atoms with Gasteiger partial charge in [-0.3, -0.25) is 0 Å². The molecule has 0 aromatic heterocycles. The van der Waals surface area contributed by atoms with Crippen LogP contribution < -0.4 is 14.8 Å². The van der Waals surface area contributed by atoms with Gasteiger partial charge in [0.15, 0.2) is 11.5 Å². The second-order valence-corrected chi connectivity index (χ2v) is 6.87. The summed E-state index contributed by atoms with van der Waals surface area (Å²) in [5, 5.41) is 14.1. The Morgan fingerprint density at radius 2 is 2.16 bits per heavy atom. The molecule has 0 saturated carbocycles. The molecule has 0 bridgehead atoms. The molecule has 25 heavy (non-hydrogen) atoms. The van der Waals surface area contributed by atoms with E-state index in [1.807, 2.05) is 25.1 Å². The summed E-state index contributed by atoms with van der Waals surface area (Å²) < 4.78 is 11.6. The van der Waals surface area contributed by atoms with Crippen LogP contribution in [0.25, 0.3) is 11.1 Å². The smallest absolute Gasteiger partial charge is 0.168 e. The molecule has 1 atom stereocenters. The number of nitrogens with one attached hydrogen (secondary N) is 1. The van der Waals surface area contributed by atoms with Gasteiger partial charge < -0.3 is 19.9 Å². The average Bonchev–Trinajstić information content (AvgIpc) is 2.59. The van der Waals surface area contributed by atoms with Gasteiger partial charge in [-0.2, -0.15) is 0 Å². The fraction of sp³-hybridized carbons (Fsp3) is 0.333. The second kappa shape index (κ2) is 6.12. The molecule has 4 nitrogen and oxygen atoms in total. The van der Waals surface area contributed by atoms with Crippen LogP contribution in [0.1, 0.15) is 29.7 Å². The van der Waals surface area contributed by atoms with E-state index in [2.05, 4.69) is 18.0 Å². The van der Waals surface area contributed by atoms with Gasteiger partial charge in [0, 0.05) is 17.2 Å². The number of methoxy groups -OCH3 is 1. The third-order valence-electron chi connectivity index (χ3n) is 4.98. The van der Waals surface area contributed by atoms with Gasteiger partial charge in [0.1, 0.15) is 12.4 Å². The van der Waals surface area contributed by atoms with Gasteiger partial charge in [-0.25, -0.2) is 0 Å². The molecule has 1 unspecified atom stereocenters. The van der Waals surface area contributed by atoms with E-state index in [0.29, 0.717) is 12.4 Å². The van der Waals surface area contributed by atoms with Crippen LogP contribution in [0.4, 0.5) is 0 Å². The minimum Gasteiger partial charge on any atom is -0.504 e. The van der Waals surface area contributed by atoms with Crippen LogP contribution >= 0.6 is 0 Å². The first kappa shape index (κ1) is 16.0. The van der Waals surface area contributed by atoms with Crippen molar-refractivity contribution in [3.05, 3.63) is 53.1 Å². The average molecular weight is 337 g/mol. The standard InChI is InChI=1S/C21H23NO3/c1-12(2)11-25-17-6-4-5-13-9-15-18-14(7-8-22-15)10-16(23)21(24-3)20(18)19(13)17/h4-6,10,15,22-23H,1,7-9,11H2,2-3H3. The summed E-state index contributed by atoms with van der Waals surface area (Å²) in [5.74, 6) is 1.54. The van der Waals surface area contributed by atoms with Crippen molar-refractivity contribution in [2.45, 2.75) is 25.8 Å². The van der Waals surface area contributed by atoms with E-state index in [1.165, 1.54) is 16.7 Å². The molecule has 130 valence electrons. The summed E-state index contributed by atoms with van der Waals surface area (Å²) in [6, 6.07) is 8.24. The summed E-state index contributed by atoms with van der Waals surface area (Å²) in [6.07, 6.45) is 1.81. The monoisotopic (exact) mass is 337 g/mol. The number of hydrogen-bond acceptors (Lipinski definition) is 4. The van der Waals surface area contributed by atoms with Crippen LogP contribution in [0.15, 0.2) is 36.4 Å². The lowest BCUT2D eigenvalue weighted by atomic mass is 9.77. The van der Waals surface area contributed by atoms with Crippen molar-refractivity contribution in [2.24, 2.45) is 0 Å². The lowest BCUT2D eigenvalue weighted by Gasteiger charge is -2.36. The third-order valence-corrected chi connectivity index (χ3v) is 4.98. The maximum Gasteiger partial charge on any atom is 0.168 e. The van der Waals surface area contributed by atoms with Crippen LogP contribution in [-0.4, -0.2) is 25.4 Å². The van der Waals surface area contributed by atoms with Crippen LogP contribution in [0.5, 0.6) is 17.2 Å². The Morgan fingerprint density at radius 1 is 1.32 bits per heavy atom. The highest BCUT2D eigenvalue weighted by Crippen LogP contribution is 2.52. The number of aromatic hydroxyl groups is 1. The molecule has 0 radical (unpaired) electrons. The van der Waals surface area contributed by atoms with Crippen molar-refractivity contribution in [1.82, 2.24) is 5.32 Å². The quantitative estimate of drug-likeness (QED) is 0.834. The molecule has 0 spiro atoms. The van der Waals surface area contributed by atoms with Gasteiger partial charge in [0.05, 0.1) is 7.11 Å². The summed E-state index contributed by atoms with van der Waals surface area (Å²) in [6.45, 7) is 7.27. The van der Waals surface area contributed by atoms with Gasteiger partial charge in [-0.15, -0.1) is 0 Å². The first-order chi connectivity index (χ1) is 12.1. The maximum atomic E-state index is 10.5. The molecule has 1 aliphatic carbocycles. The van der Waals surface area contributed by atoms with E-state index in [1.54, 1.807) is 7.11 Å². The third kappa shape index (κ3) is 2.57. The van der Waals surface area contributed by atoms with Crippen molar-refractivity contribution >= 4 is 0 Å². The highest BCUT2D eigenvalue weighted by molar-refractivity contribution is 5.87. The molecule has 1 heterocycles. The van der Waals surface area contributed by atoms with E-state index in [4.69, 9.17) is 9.47 Å². The van der Waals surface area contributed by atoms with Crippen LogP contribution in [0, 0.1) is 0 Å². The normalized spacial score (nSPS) is 17.4. The van der Waals surface area contributed by atoms with Gasteiger partial charge in [-0.1, -0.05) is 18.7 Å². The molecule has 2 aliphatic rings. The number of rotatable bonds is 4. The topological polar surface area (TPSA) is 50.7 Å². The zero-order valence-corrected chi connectivity index (χ0v) is 14.7. The molecular weight excluding hydrogens is 314 g/mol. The van der Waals surface area contributed by atoms with Crippen molar-refractivity contribution in [2.75, 3.05) is 20.3 Å². The lowest BCUT2D eigenvalue weighted by Crippen LogP contribution is -2.34. The Balaban J connectivity index is 1.98. The Kier molecular flexibility index (Phi) is 3.92. The molecule has 4 heteroatoms. The van der Waals surface area contributed by atoms with Gasteiger partial charge >= 0.3 is 0 Å². The molecule has 1 aliphatic heterocycles. The molecule has 2 aromatic carbocycles. The Hall–Kier alpha value is -2.46. The Morgan fingerprint density at radius 3 is 2.92 bits per heavy atom. The predicted octanol–water partition coefficient (Wildman–Crippen LogP) is 3.77. The van der Waals surface area contributed by atoms with E-state index >= 15 is 0 Å². The van der Waals surface area contributed by atoms with Crippen molar-refractivity contribution in [3.8, 4) is 28.4 Å². The molecule has 4 rings (SSSR count). The summed E-state index contributed by atoms with van der Waals surface area (Å²) >= 11 is 0. The van der Waals surface area contributed by atoms with Crippen LogP contribution in [0.2, 0.25) is 0 Å². The maximum absolute atomic E-state index is 10.5. The SMILES string of the molecule is C=C(C)COc1cccc2c1-c1c(OC)c(O)cc3c1C(C2)NCC3. The molecule has 2 aromatic rings. The van der Waals surface area contributed by atoms with Crippen molar-refractivity contribution < 1.29 is 14.6 Å². The first-order valence-corrected chi connectivity index (χ1v) is 8.65. The second-order valence-electron chi connectivity index (χ2n) is 6.87. The highest BCUT2D eigenvalue weighted by Gasteiger charge is 2.34. The molecule has 0 saturated heterocycles. The zero-order chi connectivity index (χ0) is 17.6. The number of phenolic OH excluding ortho intramolecular Hbond substituents is 1. The van der Waals surface area contributed by atoms with E-state index in [0.717, 1.165) is 41.8 Å². The summed E-state index contributed by atoms with van der Waals surface area (Å²) in [4.78, 5) is 0. The van der Waals surface area contributed by atoms with Gasteiger partial charge in [0.2, 0.25) is 0 Å². The zero-order valence-electron chi connectivity index (χ0n) is 14.7. The van der Waals surface area contributed by atoms with E-state index in [-0.39, 0.29) is 11.8 Å². The van der Waals surface area contributed by atoms with Crippen LogP contribution in [0.3, 0.4) is 0 Å². The summed E-state index contributed by atoms with van der Waals surface area (Å²) in [7, 11) is 1.61. The van der Waals surface area contributed by atoms with Crippen LogP contribution in [-0.2, 0) is 12.8 Å². The fourth-order valence-corrected chi connectivity index (χ4v) is 4.01. The predicted molar refractivity (Wildman–Crippen MR) is 98.6 cm³/mol. The number of phenols is 1. The minimum atomic E-state index is 0.194. The van der Waals surface area contributed by atoms with Crippen molar-refractivity contribution in [1.29, 1.82) is 0 Å². The molecule has 2 N–H and O–H groups in total. The van der Waals surface area contributed by atoms with Crippen molar-refractivity contribution in [3.63, 3.8) is 0 Å². The lowest BCUT2D eigenvalue weighted by molar-refractivity contribution is 0.351. The van der Waals surface area contributed by atoms with E-state index < -0.39 is 0 Å². The minimum absolute atomic E-state index is 0.194. The largest absolute Gasteiger partial charge is 0.504 e. The fourth-order valence-electron chi connectivity index (χ4n) is 4.01. The number of ether oxygens (including phenoxy) is 2. The highest BCUT2D eigenvalue weighted by atomic mass is 16.5. The Bertz CT molecular complexity index is 857. The molecule has 0 amide bonds. The molecule has 0 fully saturated rings. The summed E-state index contributed by atoms with van der Waals surface area (Å²) in [5.41, 5.74) is 6.61. The van der Waals surface area contributed by atoms with Gasteiger partial charge in [0.25, 0.3) is 0 Å². The number of hydrogen-bond donors (Lipinski definition) is 2. The molecular formula is C21H23NO3.